The van der Waals surface area contributed by atoms with Gasteiger partial charge in [0.15, 0.2) is 0 Å². The minimum Gasteiger partial charge on any atom is -0.545 e. The van der Waals surface area contributed by atoms with E-state index in [0.717, 1.165) is 6.08 Å². The zero-order chi connectivity index (χ0) is 7.28. The van der Waals surface area contributed by atoms with Gasteiger partial charge in [-0.1, -0.05) is 6.08 Å². The zero-order valence-corrected chi connectivity index (χ0v) is 6.63. The summed E-state index contributed by atoms with van der Waals surface area (Å²) >= 11 is 0. The Balaban J connectivity index is 0. The first-order valence-electron chi connectivity index (χ1n) is 2.65. The Bertz CT molecular complexity index is 123. The summed E-state index contributed by atoms with van der Waals surface area (Å²) in [6.45, 7) is 0.633. The number of carboxylic acids is 1. The Labute approximate surface area is 72.9 Å². The Morgan fingerprint density at radius 3 is 2.40 bits per heavy atom. The summed E-state index contributed by atoms with van der Waals surface area (Å²) in [6.07, 6.45) is 2.56. The third-order valence-electron chi connectivity index (χ3n) is 0.724. The van der Waals surface area contributed by atoms with Gasteiger partial charge in [0.2, 0.25) is 0 Å². The van der Waals surface area contributed by atoms with Crippen LogP contribution < -0.4 is 24.0 Å². The molecule has 3 nitrogen and oxygen atoms in total. The first-order valence-corrected chi connectivity index (χ1v) is 2.65. The zero-order valence-electron chi connectivity index (χ0n) is 6.63. The fraction of sp³-hybridized carbons (Fsp3) is 0.500. The van der Waals surface area contributed by atoms with Crippen molar-refractivity contribution in [2.45, 2.75) is 0 Å². The van der Waals surface area contributed by atoms with Crippen molar-refractivity contribution in [2.24, 2.45) is 0 Å². The molecule has 0 aromatic rings. The SMILES string of the molecule is CN(C)C/C=C\C(=O)[O-].[Li+]. The molecule has 0 aliphatic rings. The van der Waals surface area contributed by atoms with E-state index in [1.54, 1.807) is 0 Å². The number of nitrogens with zero attached hydrogens (tertiary/aromatic N) is 1. The number of carbonyl (C=O) groups is 1. The van der Waals surface area contributed by atoms with Gasteiger partial charge in [-0.2, -0.15) is 0 Å². The van der Waals surface area contributed by atoms with Crippen LogP contribution in [0.4, 0.5) is 0 Å². The molecule has 0 aliphatic heterocycles. The van der Waals surface area contributed by atoms with Crippen LogP contribution in [0.25, 0.3) is 0 Å². The molecule has 0 N–H and O–H groups in total. The molecule has 10 heavy (non-hydrogen) atoms. The first-order chi connectivity index (χ1) is 4.13. The number of aliphatic carboxylic acids is 1. The molecule has 0 heterocycles. The molecule has 0 fully saturated rings. The topological polar surface area (TPSA) is 43.4 Å². The van der Waals surface area contributed by atoms with E-state index in [0.29, 0.717) is 6.54 Å². The van der Waals surface area contributed by atoms with Crippen LogP contribution >= 0.6 is 0 Å². The van der Waals surface area contributed by atoms with E-state index in [-0.39, 0.29) is 18.9 Å². The molecule has 4 heteroatoms. The average molecular weight is 135 g/mol. The summed E-state index contributed by atoms with van der Waals surface area (Å²) in [5.41, 5.74) is 0. The number of hydrogen-bond donors (Lipinski definition) is 0. The van der Waals surface area contributed by atoms with Crippen molar-refractivity contribution in [3.8, 4) is 0 Å². The van der Waals surface area contributed by atoms with Gasteiger partial charge in [-0.15, -0.1) is 0 Å². The molecule has 0 aromatic carbocycles. The standard InChI is InChI=1S/C6H11NO2.Li/c1-7(2)5-3-4-6(8)9;/h3-4H,5H2,1-2H3,(H,8,9);/q;+1/p-1/b4-3-;. The van der Waals surface area contributed by atoms with Gasteiger partial charge < -0.3 is 14.8 Å². The van der Waals surface area contributed by atoms with Gasteiger partial charge in [-0.3, -0.25) is 0 Å². The molecule has 0 unspecified atom stereocenters. The normalized spacial score (nSPS) is 9.90. The Hall–Kier alpha value is -0.233. The van der Waals surface area contributed by atoms with Crippen LogP contribution in [-0.4, -0.2) is 31.5 Å². The molecule has 0 amide bonds. The van der Waals surface area contributed by atoms with Crippen LogP contribution in [0.5, 0.6) is 0 Å². The monoisotopic (exact) mass is 135 g/mol. The Kier molecular flexibility index (Phi) is 8.56. The van der Waals surface area contributed by atoms with Crippen molar-refractivity contribution >= 4 is 5.97 Å². The minimum atomic E-state index is -1.14. The quantitative estimate of drug-likeness (QED) is 0.291. The van der Waals surface area contributed by atoms with Crippen LogP contribution in [-0.2, 0) is 4.79 Å². The van der Waals surface area contributed by atoms with E-state index in [1.165, 1.54) is 6.08 Å². The molecule has 0 aromatic heterocycles. The fourth-order valence-corrected chi connectivity index (χ4v) is 0.360. The van der Waals surface area contributed by atoms with Gasteiger partial charge in [-0.25, -0.2) is 0 Å². The maximum atomic E-state index is 9.76. The van der Waals surface area contributed by atoms with Crippen molar-refractivity contribution in [1.82, 2.24) is 4.90 Å². The predicted octanol–water partition coefficient (Wildman–Crippen LogP) is -4.14. The van der Waals surface area contributed by atoms with Crippen LogP contribution in [0.3, 0.4) is 0 Å². The van der Waals surface area contributed by atoms with E-state index in [4.69, 9.17) is 0 Å². The van der Waals surface area contributed by atoms with Crippen molar-refractivity contribution in [3.63, 3.8) is 0 Å². The Morgan fingerprint density at radius 1 is 1.60 bits per heavy atom. The predicted molar refractivity (Wildman–Crippen MR) is 32.7 cm³/mol. The molecule has 0 atom stereocenters. The van der Waals surface area contributed by atoms with Gasteiger partial charge in [-0.05, 0) is 20.2 Å². The summed E-state index contributed by atoms with van der Waals surface area (Å²) in [7, 11) is 3.72. The molecule has 0 bridgehead atoms. The van der Waals surface area contributed by atoms with E-state index >= 15 is 0 Å². The number of likely N-dealkylation sites (N-methyl/N-ethyl adjacent to an activating group) is 1. The van der Waals surface area contributed by atoms with Crippen molar-refractivity contribution in [1.29, 1.82) is 0 Å². The van der Waals surface area contributed by atoms with E-state index in [2.05, 4.69) is 0 Å². The second-order valence-electron chi connectivity index (χ2n) is 1.98. The van der Waals surface area contributed by atoms with E-state index < -0.39 is 5.97 Å². The van der Waals surface area contributed by atoms with Gasteiger partial charge >= 0.3 is 18.9 Å². The smallest absolute Gasteiger partial charge is 0.545 e. The van der Waals surface area contributed by atoms with Crippen molar-refractivity contribution < 1.29 is 28.8 Å². The Morgan fingerprint density at radius 2 is 2.10 bits per heavy atom. The molecule has 0 radical (unpaired) electrons. The summed E-state index contributed by atoms with van der Waals surface area (Å²) in [4.78, 5) is 11.6. The third-order valence-corrected chi connectivity index (χ3v) is 0.724. The number of rotatable bonds is 3. The number of hydrogen-bond acceptors (Lipinski definition) is 3. The van der Waals surface area contributed by atoms with E-state index in [1.807, 2.05) is 19.0 Å². The van der Waals surface area contributed by atoms with Gasteiger partial charge in [0, 0.05) is 6.54 Å². The first kappa shape index (κ1) is 12.4. The maximum Gasteiger partial charge on any atom is 1.00 e. The largest absolute Gasteiger partial charge is 1.00 e. The van der Waals surface area contributed by atoms with Gasteiger partial charge in [0.1, 0.15) is 0 Å². The second kappa shape index (κ2) is 6.88. The summed E-state index contributed by atoms with van der Waals surface area (Å²) in [6, 6.07) is 0. The van der Waals surface area contributed by atoms with Gasteiger partial charge in [0.05, 0.1) is 5.97 Å². The van der Waals surface area contributed by atoms with Crippen LogP contribution in [0.2, 0.25) is 0 Å². The minimum absolute atomic E-state index is 0. The number of carboxylic acid groups (broad SMARTS) is 1. The summed E-state index contributed by atoms with van der Waals surface area (Å²) in [5, 5.41) is 9.76. The molecular weight excluding hydrogens is 125 g/mol. The second-order valence-corrected chi connectivity index (χ2v) is 1.98. The molecular formula is C6H10LiNO2. The fourth-order valence-electron chi connectivity index (χ4n) is 0.360. The maximum absolute atomic E-state index is 9.76. The van der Waals surface area contributed by atoms with E-state index in [9.17, 15) is 9.90 Å². The molecule has 0 rings (SSSR count). The molecule has 0 saturated carbocycles. The van der Waals surface area contributed by atoms with Gasteiger partial charge in [0.25, 0.3) is 0 Å². The van der Waals surface area contributed by atoms with Crippen molar-refractivity contribution in [3.05, 3.63) is 12.2 Å². The van der Waals surface area contributed by atoms with Crippen LogP contribution in [0, 0.1) is 0 Å². The third kappa shape index (κ3) is 10.7. The average Bonchev–Trinajstić information content (AvgIpc) is 1.63. The molecule has 0 spiro atoms. The van der Waals surface area contributed by atoms with Crippen molar-refractivity contribution in [2.75, 3.05) is 20.6 Å². The summed E-state index contributed by atoms with van der Waals surface area (Å²) < 4.78 is 0. The van der Waals surface area contributed by atoms with Crippen LogP contribution in [0.15, 0.2) is 12.2 Å². The molecule has 0 aliphatic carbocycles. The number of carbonyl (C=O) groups excluding carboxylic acids is 1. The molecule has 0 saturated heterocycles. The molecule has 52 valence electrons. The summed E-state index contributed by atoms with van der Waals surface area (Å²) in [5.74, 6) is -1.14. The van der Waals surface area contributed by atoms with Crippen LogP contribution in [0.1, 0.15) is 0 Å².